The maximum atomic E-state index is 13.0. The molecule has 0 amide bonds. The highest BCUT2D eigenvalue weighted by Gasteiger charge is 2.42. The number of ether oxygens (including phenoxy) is 4. The number of hydrogen-bond donors (Lipinski definition) is 0. The van der Waals surface area contributed by atoms with Gasteiger partial charge >= 0.3 is 5.97 Å². The van der Waals surface area contributed by atoms with Crippen LogP contribution in [0.3, 0.4) is 0 Å². The molecule has 0 aliphatic rings. The van der Waals surface area contributed by atoms with Crippen LogP contribution in [0.4, 0.5) is 0 Å². The molecule has 0 aliphatic heterocycles. The van der Waals surface area contributed by atoms with Gasteiger partial charge in [-0.1, -0.05) is 36.9 Å². The van der Waals surface area contributed by atoms with Gasteiger partial charge in [-0.2, -0.15) is 5.26 Å². The highest BCUT2D eigenvalue weighted by Crippen LogP contribution is 2.37. The molecule has 0 fully saturated rings. The number of nitrogens with zero attached hydrogens (tertiary/aromatic N) is 2. The molecule has 36 heavy (non-hydrogen) atoms. The number of nitriles is 1. The number of esters is 1. The summed E-state index contributed by atoms with van der Waals surface area (Å²) < 4.78 is 21.5. The summed E-state index contributed by atoms with van der Waals surface area (Å²) in [5, 5.41) is 10.2. The van der Waals surface area contributed by atoms with Gasteiger partial charge in [-0.3, -0.25) is 0 Å². The number of carbonyl (C=O) groups excluding carboxylic acids is 1. The molecule has 2 aromatic rings. The lowest BCUT2D eigenvalue weighted by molar-refractivity contribution is -0.148. The zero-order valence-electron chi connectivity index (χ0n) is 22.1. The quantitative estimate of drug-likeness (QED) is 0.255. The van der Waals surface area contributed by atoms with Crippen molar-refractivity contribution in [3.05, 3.63) is 65.7 Å². The summed E-state index contributed by atoms with van der Waals surface area (Å²) in [6.45, 7) is 10.0. The highest BCUT2D eigenvalue weighted by atomic mass is 16.5. The normalized spacial score (nSPS) is 12.4. The zero-order chi connectivity index (χ0) is 26.6. The molecule has 7 nitrogen and oxygen atoms in total. The van der Waals surface area contributed by atoms with E-state index in [1.807, 2.05) is 26.1 Å². The smallest absolute Gasteiger partial charge is 0.331 e. The monoisotopic (exact) mass is 494 g/mol. The number of rotatable bonds is 15. The standard InChI is InChI=1S/C29H38N2O5/c1-7-35-22(3)24-12-10-23(11-13-24)16-19-31(4)18-9-17-29(21-30,28(32)36-8-2)25-14-15-26(33-5)27(20-25)34-6/h10-15,20H,3,7-9,16-19H2,1-2,4-6H3. The molecule has 2 rings (SSSR count). The molecule has 194 valence electrons. The first-order valence-corrected chi connectivity index (χ1v) is 12.3. The summed E-state index contributed by atoms with van der Waals surface area (Å²) in [4.78, 5) is 15.2. The molecule has 0 spiro atoms. The predicted octanol–water partition coefficient (Wildman–Crippen LogP) is 4.99. The van der Waals surface area contributed by atoms with Crippen LogP contribution in [0.1, 0.15) is 43.4 Å². The second-order valence-electron chi connectivity index (χ2n) is 8.52. The van der Waals surface area contributed by atoms with Crippen LogP contribution in [0.5, 0.6) is 11.5 Å². The second kappa shape index (κ2) is 14.2. The lowest BCUT2D eigenvalue weighted by atomic mass is 9.77. The van der Waals surface area contributed by atoms with Crippen molar-refractivity contribution in [1.29, 1.82) is 5.26 Å². The minimum Gasteiger partial charge on any atom is -0.494 e. The Kier molecular flexibility index (Phi) is 11.3. The minimum absolute atomic E-state index is 0.201. The molecule has 1 atom stereocenters. The van der Waals surface area contributed by atoms with Crippen LogP contribution in [0.15, 0.2) is 49.0 Å². The van der Waals surface area contributed by atoms with E-state index in [2.05, 4.69) is 29.7 Å². The van der Waals surface area contributed by atoms with Crippen LogP contribution >= 0.6 is 0 Å². The van der Waals surface area contributed by atoms with E-state index < -0.39 is 11.4 Å². The van der Waals surface area contributed by atoms with Gasteiger partial charge in [0, 0.05) is 12.1 Å². The van der Waals surface area contributed by atoms with E-state index in [1.54, 1.807) is 32.2 Å². The summed E-state index contributed by atoms with van der Waals surface area (Å²) in [7, 11) is 5.11. The molecule has 1 unspecified atom stereocenters. The topological polar surface area (TPSA) is 81.0 Å². The van der Waals surface area contributed by atoms with Crippen LogP contribution in [0.2, 0.25) is 0 Å². The van der Waals surface area contributed by atoms with Crippen molar-refractivity contribution in [1.82, 2.24) is 4.90 Å². The summed E-state index contributed by atoms with van der Waals surface area (Å²) >= 11 is 0. The molecule has 0 bridgehead atoms. The van der Waals surface area contributed by atoms with E-state index in [0.717, 1.165) is 25.1 Å². The molecule has 0 radical (unpaired) electrons. The van der Waals surface area contributed by atoms with Crippen molar-refractivity contribution in [2.24, 2.45) is 0 Å². The van der Waals surface area contributed by atoms with Gasteiger partial charge < -0.3 is 23.8 Å². The molecule has 0 saturated heterocycles. The molecule has 0 aromatic heterocycles. The van der Waals surface area contributed by atoms with Crippen LogP contribution in [-0.4, -0.2) is 58.4 Å². The first-order valence-electron chi connectivity index (χ1n) is 12.3. The van der Waals surface area contributed by atoms with Crippen molar-refractivity contribution < 1.29 is 23.7 Å². The van der Waals surface area contributed by atoms with Gasteiger partial charge in [-0.05, 0) is 70.0 Å². The van der Waals surface area contributed by atoms with Gasteiger partial charge in [0.05, 0.1) is 33.5 Å². The van der Waals surface area contributed by atoms with Gasteiger partial charge in [0.25, 0.3) is 0 Å². The van der Waals surface area contributed by atoms with Crippen molar-refractivity contribution in [2.45, 2.75) is 38.5 Å². The third kappa shape index (κ3) is 7.25. The molecule has 0 aliphatic carbocycles. The highest BCUT2D eigenvalue weighted by molar-refractivity contribution is 5.87. The SMILES string of the molecule is C=C(OCC)c1ccc(CCN(C)CCCC(C#N)(C(=O)OCC)c2ccc(OC)c(OC)c2)cc1. The summed E-state index contributed by atoms with van der Waals surface area (Å²) in [5.41, 5.74) is 1.32. The second-order valence-corrected chi connectivity index (χ2v) is 8.52. The number of likely N-dealkylation sites (N-methyl/N-ethyl adjacent to an activating group) is 1. The van der Waals surface area contributed by atoms with E-state index in [4.69, 9.17) is 18.9 Å². The van der Waals surface area contributed by atoms with Gasteiger partial charge in [-0.15, -0.1) is 0 Å². The number of hydrogen-bond acceptors (Lipinski definition) is 7. The van der Waals surface area contributed by atoms with Gasteiger partial charge in [0.2, 0.25) is 0 Å². The molecular weight excluding hydrogens is 456 g/mol. The third-order valence-corrected chi connectivity index (χ3v) is 6.16. The molecular formula is C29H38N2O5. The average molecular weight is 495 g/mol. The van der Waals surface area contributed by atoms with Gasteiger partial charge in [0.15, 0.2) is 16.9 Å². The van der Waals surface area contributed by atoms with E-state index in [0.29, 0.717) is 42.3 Å². The Bertz CT molecular complexity index is 1040. The molecule has 0 saturated carbocycles. The van der Waals surface area contributed by atoms with Crippen LogP contribution in [0, 0.1) is 11.3 Å². The Morgan fingerprint density at radius 2 is 1.67 bits per heavy atom. The Morgan fingerprint density at radius 1 is 1.00 bits per heavy atom. The van der Waals surface area contributed by atoms with Gasteiger partial charge in [0.1, 0.15) is 5.76 Å². The fourth-order valence-electron chi connectivity index (χ4n) is 4.05. The number of benzene rings is 2. The van der Waals surface area contributed by atoms with E-state index in [1.165, 1.54) is 12.7 Å². The van der Waals surface area contributed by atoms with Gasteiger partial charge in [-0.25, -0.2) is 4.79 Å². The Labute approximate surface area is 215 Å². The Morgan fingerprint density at radius 3 is 2.25 bits per heavy atom. The maximum absolute atomic E-state index is 13.0. The summed E-state index contributed by atoms with van der Waals surface area (Å²) in [6, 6.07) is 15.6. The Hall–Kier alpha value is -3.50. The lowest BCUT2D eigenvalue weighted by Gasteiger charge is -2.27. The number of carbonyl (C=O) groups is 1. The zero-order valence-corrected chi connectivity index (χ0v) is 22.1. The van der Waals surface area contributed by atoms with Crippen LogP contribution < -0.4 is 9.47 Å². The minimum atomic E-state index is -1.42. The summed E-state index contributed by atoms with van der Waals surface area (Å²) in [5.74, 6) is 1.13. The van der Waals surface area contributed by atoms with Crippen molar-refractivity contribution in [2.75, 3.05) is 47.6 Å². The van der Waals surface area contributed by atoms with Crippen molar-refractivity contribution >= 4 is 11.7 Å². The van der Waals surface area contributed by atoms with E-state index in [9.17, 15) is 10.1 Å². The van der Waals surface area contributed by atoms with Crippen molar-refractivity contribution in [3.63, 3.8) is 0 Å². The van der Waals surface area contributed by atoms with Crippen molar-refractivity contribution in [3.8, 4) is 17.6 Å². The molecule has 7 heteroatoms. The fourth-order valence-corrected chi connectivity index (χ4v) is 4.05. The molecule has 2 aromatic carbocycles. The lowest BCUT2D eigenvalue weighted by Crippen LogP contribution is -2.37. The third-order valence-electron chi connectivity index (χ3n) is 6.16. The number of methoxy groups -OCH3 is 2. The Balaban J connectivity index is 2.04. The maximum Gasteiger partial charge on any atom is 0.331 e. The van der Waals surface area contributed by atoms with Crippen LogP contribution in [0.25, 0.3) is 5.76 Å². The van der Waals surface area contributed by atoms with Crippen LogP contribution in [-0.2, 0) is 26.1 Å². The summed E-state index contributed by atoms with van der Waals surface area (Å²) in [6.07, 6.45) is 1.86. The first-order chi connectivity index (χ1) is 17.3. The largest absolute Gasteiger partial charge is 0.494 e. The van der Waals surface area contributed by atoms with E-state index in [-0.39, 0.29) is 6.61 Å². The predicted molar refractivity (Wildman–Crippen MR) is 141 cm³/mol. The first kappa shape index (κ1) is 28.7. The molecule has 0 heterocycles. The average Bonchev–Trinajstić information content (AvgIpc) is 2.90. The molecule has 0 N–H and O–H groups in total. The fraction of sp³-hybridized carbons (Fsp3) is 0.448. The van der Waals surface area contributed by atoms with E-state index >= 15 is 0 Å².